The van der Waals surface area contributed by atoms with E-state index in [0.29, 0.717) is 5.75 Å². The van der Waals surface area contributed by atoms with E-state index < -0.39 is 24.5 Å². The van der Waals surface area contributed by atoms with Crippen molar-refractivity contribution in [2.24, 2.45) is 0 Å². The zero-order valence-electron chi connectivity index (χ0n) is 11.5. The molecular weight excluding hydrogens is 280 g/mol. The second-order valence-electron chi connectivity index (χ2n) is 3.59. The first kappa shape index (κ1) is 16.2. The maximum atomic E-state index is 11.5. The second kappa shape index (κ2) is 8.36. The van der Waals surface area contributed by atoms with Crippen LogP contribution in [-0.2, 0) is 23.9 Å². The highest BCUT2D eigenvalue weighted by Crippen LogP contribution is 2.25. The molecule has 0 aromatic heterocycles. The van der Waals surface area contributed by atoms with Crippen LogP contribution in [0.2, 0.25) is 0 Å². The molecule has 7 heteroatoms. The van der Waals surface area contributed by atoms with Gasteiger partial charge < -0.3 is 18.9 Å². The van der Waals surface area contributed by atoms with Crippen molar-refractivity contribution in [2.75, 3.05) is 20.8 Å². The van der Waals surface area contributed by atoms with Crippen molar-refractivity contribution in [1.82, 2.24) is 0 Å². The molecule has 1 rings (SSSR count). The predicted octanol–water partition coefficient (Wildman–Crippen LogP) is 0.873. The number of carbonyl (C=O) groups excluding carboxylic acids is 3. The molecule has 0 heterocycles. The van der Waals surface area contributed by atoms with E-state index >= 15 is 0 Å². The molecule has 0 radical (unpaired) electrons. The molecule has 0 aliphatic heterocycles. The lowest BCUT2D eigenvalue weighted by Gasteiger charge is -2.08. The number of ether oxygens (including phenoxy) is 4. The van der Waals surface area contributed by atoms with E-state index in [1.165, 1.54) is 20.3 Å². The SMILES string of the molecule is COC(=O)C=CC(=O)OCC(=O)Oc1ccccc1OC. The third-order valence-electron chi connectivity index (χ3n) is 2.18. The molecule has 0 unspecified atom stereocenters. The van der Waals surface area contributed by atoms with Gasteiger partial charge in [-0.15, -0.1) is 0 Å². The van der Waals surface area contributed by atoms with Crippen LogP contribution in [-0.4, -0.2) is 38.7 Å². The van der Waals surface area contributed by atoms with Crippen LogP contribution >= 0.6 is 0 Å². The molecule has 21 heavy (non-hydrogen) atoms. The monoisotopic (exact) mass is 294 g/mol. The van der Waals surface area contributed by atoms with Gasteiger partial charge in [-0.1, -0.05) is 12.1 Å². The molecule has 0 saturated carbocycles. The lowest BCUT2D eigenvalue weighted by molar-refractivity contribution is -0.150. The minimum atomic E-state index is -0.864. The van der Waals surface area contributed by atoms with Crippen molar-refractivity contribution >= 4 is 17.9 Å². The summed E-state index contributed by atoms with van der Waals surface area (Å²) in [5, 5.41) is 0. The van der Waals surface area contributed by atoms with E-state index in [-0.39, 0.29) is 5.75 Å². The lowest BCUT2D eigenvalue weighted by atomic mass is 10.3. The van der Waals surface area contributed by atoms with E-state index in [0.717, 1.165) is 12.2 Å². The molecule has 0 aliphatic rings. The van der Waals surface area contributed by atoms with Crippen LogP contribution in [0.25, 0.3) is 0 Å². The number of methoxy groups -OCH3 is 2. The Bertz CT molecular complexity index is 548. The molecule has 0 atom stereocenters. The Morgan fingerprint density at radius 1 is 1.00 bits per heavy atom. The molecule has 0 bridgehead atoms. The van der Waals surface area contributed by atoms with E-state index in [1.54, 1.807) is 18.2 Å². The summed E-state index contributed by atoms with van der Waals surface area (Å²) in [6, 6.07) is 6.54. The van der Waals surface area contributed by atoms with Gasteiger partial charge in [-0.05, 0) is 12.1 Å². The number of benzene rings is 1. The van der Waals surface area contributed by atoms with Crippen molar-refractivity contribution < 1.29 is 33.3 Å². The molecule has 1 aromatic carbocycles. The number of hydrogen-bond acceptors (Lipinski definition) is 7. The number of rotatable bonds is 6. The first-order valence-electron chi connectivity index (χ1n) is 5.83. The zero-order valence-corrected chi connectivity index (χ0v) is 11.5. The molecule has 0 N–H and O–H groups in total. The minimum absolute atomic E-state index is 0.214. The molecular formula is C14H14O7. The van der Waals surface area contributed by atoms with Crippen molar-refractivity contribution in [3.05, 3.63) is 36.4 Å². The first-order valence-corrected chi connectivity index (χ1v) is 5.83. The molecule has 0 amide bonds. The summed E-state index contributed by atoms with van der Waals surface area (Å²) in [7, 11) is 2.60. The normalized spacial score (nSPS) is 10.0. The summed E-state index contributed by atoms with van der Waals surface area (Å²) in [6.07, 6.45) is 1.73. The third kappa shape index (κ3) is 5.77. The van der Waals surface area contributed by atoms with Gasteiger partial charge in [0, 0.05) is 12.2 Å². The maximum absolute atomic E-state index is 11.5. The Hall–Kier alpha value is -2.83. The fraction of sp³-hybridized carbons (Fsp3) is 0.214. The van der Waals surface area contributed by atoms with Crippen LogP contribution in [0, 0.1) is 0 Å². The zero-order chi connectivity index (χ0) is 15.7. The van der Waals surface area contributed by atoms with Gasteiger partial charge in [0.15, 0.2) is 18.1 Å². The lowest BCUT2D eigenvalue weighted by Crippen LogP contribution is -2.18. The third-order valence-corrected chi connectivity index (χ3v) is 2.18. The first-order chi connectivity index (χ1) is 10.1. The summed E-state index contributed by atoms with van der Waals surface area (Å²) < 4.78 is 18.9. The van der Waals surface area contributed by atoms with Gasteiger partial charge in [0.2, 0.25) is 0 Å². The molecule has 0 aliphatic carbocycles. The Balaban J connectivity index is 2.46. The Morgan fingerprint density at radius 2 is 1.62 bits per heavy atom. The summed E-state index contributed by atoms with van der Waals surface area (Å²) in [5.74, 6) is -1.76. The standard InChI is InChI=1S/C14H14O7/c1-18-10-5-3-4-6-11(10)21-14(17)9-20-13(16)8-7-12(15)19-2/h3-8H,9H2,1-2H3. The van der Waals surface area contributed by atoms with E-state index in [4.69, 9.17) is 9.47 Å². The number of carbonyl (C=O) groups is 3. The molecule has 7 nitrogen and oxygen atoms in total. The molecule has 1 aromatic rings. The number of hydrogen-bond donors (Lipinski definition) is 0. The second-order valence-corrected chi connectivity index (χ2v) is 3.59. The van der Waals surface area contributed by atoms with Crippen molar-refractivity contribution in [1.29, 1.82) is 0 Å². The van der Waals surface area contributed by atoms with Gasteiger partial charge in [-0.3, -0.25) is 0 Å². The van der Waals surface area contributed by atoms with Gasteiger partial charge in [-0.25, -0.2) is 14.4 Å². The number of para-hydroxylation sites is 2. The largest absolute Gasteiger partial charge is 0.493 e. The predicted molar refractivity (Wildman–Crippen MR) is 70.7 cm³/mol. The Labute approximate surface area is 121 Å². The van der Waals surface area contributed by atoms with Gasteiger partial charge >= 0.3 is 17.9 Å². The summed E-state index contributed by atoms with van der Waals surface area (Å²) in [4.78, 5) is 33.4. The van der Waals surface area contributed by atoms with Crippen LogP contribution in [0.3, 0.4) is 0 Å². The van der Waals surface area contributed by atoms with Crippen molar-refractivity contribution in [3.63, 3.8) is 0 Å². The van der Waals surface area contributed by atoms with Crippen LogP contribution in [0.5, 0.6) is 11.5 Å². The van der Waals surface area contributed by atoms with Crippen molar-refractivity contribution in [2.45, 2.75) is 0 Å². The molecule has 0 saturated heterocycles. The quantitative estimate of drug-likeness (QED) is 0.437. The van der Waals surface area contributed by atoms with Gasteiger partial charge in [0.1, 0.15) is 0 Å². The topological polar surface area (TPSA) is 88.1 Å². The summed E-state index contributed by atoms with van der Waals surface area (Å²) in [5.41, 5.74) is 0. The Morgan fingerprint density at radius 3 is 2.24 bits per heavy atom. The van der Waals surface area contributed by atoms with Gasteiger partial charge in [0.25, 0.3) is 0 Å². The average Bonchev–Trinajstić information content (AvgIpc) is 2.51. The fourth-order valence-electron chi connectivity index (χ4n) is 1.24. The van der Waals surface area contributed by atoms with Crippen LogP contribution in [0.4, 0.5) is 0 Å². The highest BCUT2D eigenvalue weighted by atomic mass is 16.6. The fourth-order valence-corrected chi connectivity index (χ4v) is 1.24. The van der Waals surface area contributed by atoms with E-state index in [1.807, 2.05) is 0 Å². The van der Waals surface area contributed by atoms with E-state index in [2.05, 4.69) is 9.47 Å². The summed E-state index contributed by atoms with van der Waals surface area (Å²) in [6.45, 7) is -0.595. The highest BCUT2D eigenvalue weighted by molar-refractivity contribution is 5.92. The van der Waals surface area contributed by atoms with Crippen LogP contribution < -0.4 is 9.47 Å². The maximum Gasteiger partial charge on any atom is 0.349 e. The van der Waals surface area contributed by atoms with Crippen LogP contribution in [0.1, 0.15) is 0 Å². The van der Waals surface area contributed by atoms with Gasteiger partial charge in [-0.2, -0.15) is 0 Å². The van der Waals surface area contributed by atoms with Crippen molar-refractivity contribution in [3.8, 4) is 11.5 Å². The van der Waals surface area contributed by atoms with Gasteiger partial charge in [0.05, 0.1) is 14.2 Å². The molecule has 0 fully saturated rings. The summed E-state index contributed by atoms with van der Waals surface area (Å²) >= 11 is 0. The van der Waals surface area contributed by atoms with Crippen LogP contribution in [0.15, 0.2) is 36.4 Å². The highest BCUT2D eigenvalue weighted by Gasteiger charge is 2.11. The Kier molecular flexibility index (Phi) is 6.46. The minimum Gasteiger partial charge on any atom is -0.493 e. The van der Waals surface area contributed by atoms with E-state index in [9.17, 15) is 14.4 Å². The average molecular weight is 294 g/mol. The molecule has 0 spiro atoms. The molecule has 112 valence electrons. The smallest absolute Gasteiger partial charge is 0.349 e. The number of esters is 3.